The van der Waals surface area contributed by atoms with E-state index in [-0.39, 0.29) is 11.6 Å². The molecule has 0 aliphatic rings. The van der Waals surface area contributed by atoms with Gasteiger partial charge in [0.15, 0.2) is 0 Å². The lowest BCUT2D eigenvalue weighted by atomic mass is 10.1. The van der Waals surface area contributed by atoms with Crippen molar-refractivity contribution >= 4 is 23.7 Å². The highest BCUT2D eigenvalue weighted by Crippen LogP contribution is 2.17. The number of carbonyl (C=O) groups excluding carboxylic acids is 2. The van der Waals surface area contributed by atoms with E-state index in [0.29, 0.717) is 0 Å². The number of halogens is 1. The molecule has 0 aromatic heterocycles. The molecule has 0 radical (unpaired) electrons. The quantitative estimate of drug-likeness (QED) is 0.839. The van der Waals surface area contributed by atoms with Crippen molar-refractivity contribution in [3.63, 3.8) is 0 Å². The fourth-order valence-electron chi connectivity index (χ4n) is 1.21. The van der Waals surface area contributed by atoms with Crippen LogP contribution < -0.4 is 10.6 Å². The maximum absolute atomic E-state index is 12.7. The Kier molecular flexibility index (Phi) is 5.35. The van der Waals surface area contributed by atoms with Gasteiger partial charge in [-0.25, -0.2) is 9.18 Å². The lowest BCUT2D eigenvalue weighted by Gasteiger charge is -2.20. The molecule has 0 spiro atoms. The van der Waals surface area contributed by atoms with Crippen LogP contribution >= 0.6 is 11.8 Å². The number of rotatable bonds is 3. The van der Waals surface area contributed by atoms with Crippen molar-refractivity contribution in [3.8, 4) is 0 Å². The average molecular weight is 284 g/mol. The first-order chi connectivity index (χ1) is 8.76. The van der Waals surface area contributed by atoms with E-state index in [1.165, 1.54) is 23.9 Å². The molecule has 2 N–H and O–H groups in total. The highest BCUT2D eigenvalue weighted by Gasteiger charge is 2.15. The van der Waals surface area contributed by atoms with E-state index < -0.39 is 17.5 Å². The predicted octanol–water partition coefficient (Wildman–Crippen LogP) is 2.54. The number of imide groups is 1. The van der Waals surface area contributed by atoms with E-state index in [2.05, 4.69) is 10.6 Å². The normalized spacial score (nSPS) is 10.9. The maximum atomic E-state index is 12.7. The molecular formula is C13H17FN2O2S. The molecule has 0 saturated heterocycles. The molecule has 6 heteroatoms. The molecule has 0 aliphatic heterocycles. The van der Waals surface area contributed by atoms with E-state index in [4.69, 9.17) is 0 Å². The Morgan fingerprint density at radius 1 is 1.21 bits per heavy atom. The van der Waals surface area contributed by atoms with Crippen LogP contribution in [0.25, 0.3) is 0 Å². The van der Waals surface area contributed by atoms with Crippen molar-refractivity contribution in [1.29, 1.82) is 0 Å². The van der Waals surface area contributed by atoms with Gasteiger partial charge in [-0.05, 0) is 45.0 Å². The highest BCUT2D eigenvalue weighted by atomic mass is 32.2. The molecule has 0 bridgehead atoms. The number of hydrogen-bond acceptors (Lipinski definition) is 3. The fourth-order valence-corrected chi connectivity index (χ4v) is 1.91. The first-order valence-corrected chi connectivity index (χ1v) is 6.75. The molecule has 1 rings (SSSR count). The van der Waals surface area contributed by atoms with Crippen molar-refractivity contribution in [2.45, 2.75) is 31.2 Å². The minimum Gasteiger partial charge on any atom is -0.333 e. The topological polar surface area (TPSA) is 58.2 Å². The van der Waals surface area contributed by atoms with E-state index >= 15 is 0 Å². The monoisotopic (exact) mass is 284 g/mol. The van der Waals surface area contributed by atoms with Crippen molar-refractivity contribution in [3.05, 3.63) is 30.1 Å². The van der Waals surface area contributed by atoms with Gasteiger partial charge >= 0.3 is 6.03 Å². The SMILES string of the molecule is CC(C)(C)NC(=O)NC(=O)CSc1ccc(F)cc1. The molecule has 0 unspecified atom stereocenters. The van der Waals surface area contributed by atoms with Gasteiger partial charge in [-0.3, -0.25) is 10.1 Å². The summed E-state index contributed by atoms with van der Waals surface area (Å²) in [4.78, 5) is 23.7. The minimum absolute atomic E-state index is 0.100. The van der Waals surface area contributed by atoms with Gasteiger partial charge in [-0.1, -0.05) is 0 Å². The van der Waals surface area contributed by atoms with E-state index in [9.17, 15) is 14.0 Å². The average Bonchev–Trinajstić information content (AvgIpc) is 2.25. The van der Waals surface area contributed by atoms with Crippen LogP contribution in [-0.4, -0.2) is 23.2 Å². The second-order valence-corrected chi connectivity index (χ2v) is 6.04. The molecule has 1 aromatic rings. The molecule has 4 nitrogen and oxygen atoms in total. The van der Waals surface area contributed by atoms with Crippen LogP contribution in [0.5, 0.6) is 0 Å². The fraction of sp³-hybridized carbons (Fsp3) is 0.385. The van der Waals surface area contributed by atoms with Gasteiger partial charge in [-0.2, -0.15) is 0 Å². The zero-order chi connectivity index (χ0) is 14.5. The highest BCUT2D eigenvalue weighted by molar-refractivity contribution is 8.00. The van der Waals surface area contributed by atoms with Gasteiger partial charge in [-0.15, -0.1) is 11.8 Å². The Morgan fingerprint density at radius 2 is 1.79 bits per heavy atom. The Bertz CT molecular complexity index is 455. The van der Waals surface area contributed by atoms with Gasteiger partial charge < -0.3 is 5.32 Å². The van der Waals surface area contributed by atoms with E-state index in [1.807, 2.05) is 20.8 Å². The summed E-state index contributed by atoms with van der Waals surface area (Å²) in [5.41, 5.74) is -0.394. The number of amides is 3. The van der Waals surface area contributed by atoms with E-state index in [1.54, 1.807) is 12.1 Å². The summed E-state index contributed by atoms with van der Waals surface area (Å²) in [6, 6.07) is 5.31. The lowest BCUT2D eigenvalue weighted by Crippen LogP contribution is -2.48. The van der Waals surface area contributed by atoms with E-state index in [0.717, 1.165) is 4.90 Å². The standard InChI is InChI=1S/C13H17FN2O2S/c1-13(2,3)16-12(18)15-11(17)8-19-10-6-4-9(14)5-7-10/h4-7H,8H2,1-3H3,(H2,15,16,17,18). The Balaban J connectivity index is 2.36. The van der Waals surface area contributed by atoms with Crippen LogP contribution in [0.3, 0.4) is 0 Å². The maximum Gasteiger partial charge on any atom is 0.321 e. The number of carbonyl (C=O) groups is 2. The van der Waals surface area contributed by atoms with Gasteiger partial charge in [0.25, 0.3) is 0 Å². The minimum atomic E-state index is -0.516. The molecule has 0 atom stereocenters. The largest absolute Gasteiger partial charge is 0.333 e. The molecule has 104 valence electrons. The molecule has 0 saturated carbocycles. The molecular weight excluding hydrogens is 267 g/mol. The molecule has 19 heavy (non-hydrogen) atoms. The number of nitrogens with one attached hydrogen (secondary N) is 2. The first kappa shape index (κ1) is 15.5. The summed E-state index contributed by atoms with van der Waals surface area (Å²) in [5.74, 6) is -0.613. The van der Waals surface area contributed by atoms with Crippen LogP contribution in [0.15, 0.2) is 29.2 Å². The number of benzene rings is 1. The summed E-state index contributed by atoms with van der Waals surface area (Å²) in [5, 5.41) is 4.86. The number of hydrogen-bond donors (Lipinski definition) is 2. The Morgan fingerprint density at radius 3 is 2.32 bits per heavy atom. The van der Waals surface area contributed by atoms with Gasteiger partial charge in [0.2, 0.25) is 5.91 Å². The van der Waals surface area contributed by atoms with Crippen molar-refractivity contribution in [2.24, 2.45) is 0 Å². The molecule has 0 aliphatic carbocycles. The number of urea groups is 1. The third-order valence-electron chi connectivity index (χ3n) is 1.93. The lowest BCUT2D eigenvalue weighted by molar-refractivity contribution is -0.117. The van der Waals surface area contributed by atoms with Crippen LogP contribution in [0.1, 0.15) is 20.8 Å². The molecule has 0 heterocycles. The smallest absolute Gasteiger partial charge is 0.321 e. The summed E-state index contributed by atoms with van der Waals surface area (Å²) < 4.78 is 12.7. The second kappa shape index (κ2) is 6.56. The third-order valence-corrected chi connectivity index (χ3v) is 2.94. The van der Waals surface area contributed by atoms with Crippen molar-refractivity contribution in [2.75, 3.05) is 5.75 Å². The first-order valence-electron chi connectivity index (χ1n) is 5.76. The van der Waals surface area contributed by atoms with Crippen LogP contribution in [0, 0.1) is 5.82 Å². The second-order valence-electron chi connectivity index (χ2n) is 4.99. The number of thioether (sulfide) groups is 1. The molecule has 3 amide bonds. The Hall–Kier alpha value is -1.56. The van der Waals surface area contributed by atoms with Crippen LogP contribution in [-0.2, 0) is 4.79 Å². The van der Waals surface area contributed by atoms with Gasteiger partial charge in [0, 0.05) is 10.4 Å². The third kappa shape index (κ3) is 6.81. The summed E-state index contributed by atoms with van der Waals surface area (Å²) in [6.07, 6.45) is 0. The summed E-state index contributed by atoms with van der Waals surface area (Å²) in [6.45, 7) is 5.47. The predicted molar refractivity (Wildman–Crippen MR) is 73.6 cm³/mol. The molecule has 1 aromatic carbocycles. The van der Waals surface area contributed by atoms with Crippen molar-refractivity contribution in [1.82, 2.24) is 10.6 Å². The zero-order valence-corrected chi connectivity index (χ0v) is 11.9. The van der Waals surface area contributed by atoms with Gasteiger partial charge in [0.1, 0.15) is 5.82 Å². The van der Waals surface area contributed by atoms with Crippen molar-refractivity contribution < 1.29 is 14.0 Å². The van der Waals surface area contributed by atoms with Crippen LogP contribution in [0.4, 0.5) is 9.18 Å². The summed E-state index contributed by atoms with van der Waals surface area (Å²) >= 11 is 1.24. The van der Waals surface area contributed by atoms with Crippen LogP contribution in [0.2, 0.25) is 0 Å². The zero-order valence-electron chi connectivity index (χ0n) is 11.1. The molecule has 0 fully saturated rings. The Labute approximate surface area is 116 Å². The van der Waals surface area contributed by atoms with Gasteiger partial charge in [0.05, 0.1) is 5.75 Å². The summed E-state index contributed by atoms with van der Waals surface area (Å²) in [7, 11) is 0.